The zero-order valence-electron chi connectivity index (χ0n) is 10.9. The van der Waals surface area contributed by atoms with Crippen molar-refractivity contribution in [3.63, 3.8) is 0 Å². The van der Waals surface area contributed by atoms with Crippen molar-refractivity contribution in [2.24, 2.45) is 0 Å². The highest BCUT2D eigenvalue weighted by molar-refractivity contribution is 7.98. The molecule has 2 aromatic heterocycles. The molecule has 7 heteroatoms. The predicted molar refractivity (Wildman–Crippen MR) is 79.0 cm³/mol. The summed E-state index contributed by atoms with van der Waals surface area (Å²) in [4.78, 5) is 8.44. The van der Waals surface area contributed by atoms with Crippen LogP contribution in [0.25, 0.3) is 0 Å². The molecular formula is C12H16ClN5S. The molecule has 2 heterocycles. The molecule has 5 nitrogen and oxygen atoms in total. The third-order valence-electron chi connectivity index (χ3n) is 2.72. The van der Waals surface area contributed by atoms with Crippen LogP contribution in [-0.4, -0.2) is 33.0 Å². The molecular weight excluding hydrogens is 282 g/mol. The first-order chi connectivity index (χ1) is 9.19. The molecule has 0 aliphatic rings. The molecule has 0 aliphatic heterocycles. The van der Waals surface area contributed by atoms with Gasteiger partial charge in [0.15, 0.2) is 5.16 Å². The highest BCUT2D eigenvalue weighted by Gasteiger charge is 2.03. The van der Waals surface area contributed by atoms with Gasteiger partial charge < -0.3 is 5.32 Å². The van der Waals surface area contributed by atoms with Gasteiger partial charge in [0.1, 0.15) is 11.0 Å². The Labute approximate surface area is 121 Å². The lowest BCUT2D eigenvalue weighted by Gasteiger charge is -2.06. The van der Waals surface area contributed by atoms with Crippen LogP contribution in [-0.2, 0) is 6.42 Å². The number of nitrogens with zero attached hydrogens (tertiary/aromatic N) is 3. The van der Waals surface area contributed by atoms with E-state index in [-0.39, 0.29) is 0 Å². The fourth-order valence-corrected chi connectivity index (χ4v) is 2.31. The van der Waals surface area contributed by atoms with Crippen LogP contribution < -0.4 is 5.32 Å². The molecule has 2 N–H and O–H groups in total. The quantitative estimate of drug-likeness (QED) is 0.371. The summed E-state index contributed by atoms with van der Waals surface area (Å²) in [7, 11) is 0. The van der Waals surface area contributed by atoms with Crippen molar-refractivity contribution in [2.75, 3.05) is 18.1 Å². The molecule has 0 aromatic carbocycles. The highest BCUT2D eigenvalue weighted by Crippen LogP contribution is 2.17. The van der Waals surface area contributed by atoms with E-state index in [0.29, 0.717) is 10.3 Å². The number of hydrogen-bond acceptors (Lipinski definition) is 5. The van der Waals surface area contributed by atoms with Gasteiger partial charge in [-0.2, -0.15) is 5.10 Å². The van der Waals surface area contributed by atoms with E-state index in [1.807, 2.05) is 19.4 Å². The number of nitrogens with one attached hydrogen (secondary N) is 2. The maximum absolute atomic E-state index is 5.93. The number of aryl methyl sites for hydroxylation is 2. The van der Waals surface area contributed by atoms with Gasteiger partial charge in [0.05, 0.1) is 6.20 Å². The maximum Gasteiger partial charge on any atom is 0.190 e. The molecule has 2 aromatic rings. The molecule has 0 radical (unpaired) electrons. The van der Waals surface area contributed by atoms with Crippen molar-refractivity contribution < 1.29 is 0 Å². The Kier molecular flexibility index (Phi) is 5.04. The van der Waals surface area contributed by atoms with E-state index in [1.54, 1.807) is 6.07 Å². The van der Waals surface area contributed by atoms with E-state index in [0.717, 1.165) is 30.9 Å². The van der Waals surface area contributed by atoms with E-state index in [4.69, 9.17) is 11.6 Å². The van der Waals surface area contributed by atoms with Gasteiger partial charge in [-0.3, -0.25) is 5.10 Å². The van der Waals surface area contributed by atoms with Crippen LogP contribution in [0.3, 0.4) is 0 Å². The molecule has 0 aliphatic carbocycles. The molecule has 0 spiro atoms. The standard InChI is InChI=1S/C12H16ClN5S/c1-8-9(7-15-18-8)4-3-5-14-11-6-10(13)16-12(17-11)19-2/h6-7H,3-5H2,1-2H3,(H,15,18)(H,14,16,17). The highest BCUT2D eigenvalue weighted by atomic mass is 35.5. The smallest absolute Gasteiger partial charge is 0.190 e. The van der Waals surface area contributed by atoms with Gasteiger partial charge in [0, 0.05) is 18.3 Å². The minimum Gasteiger partial charge on any atom is -0.370 e. The van der Waals surface area contributed by atoms with Gasteiger partial charge in [-0.15, -0.1) is 0 Å². The summed E-state index contributed by atoms with van der Waals surface area (Å²) < 4.78 is 0. The summed E-state index contributed by atoms with van der Waals surface area (Å²) in [5.41, 5.74) is 2.39. The Morgan fingerprint density at radius 3 is 2.95 bits per heavy atom. The summed E-state index contributed by atoms with van der Waals surface area (Å²) in [6.45, 7) is 2.87. The summed E-state index contributed by atoms with van der Waals surface area (Å²) in [5.74, 6) is 0.772. The molecule has 0 atom stereocenters. The number of halogens is 1. The fourth-order valence-electron chi connectivity index (χ4n) is 1.70. The summed E-state index contributed by atoms with van der Waals surface area (Å²) in [5, 5.41) is 11.4. The molecule has 0 fully saturated rings. The number of thioether (sulfide) groups is 1. The Balaban J connectivity index is 1.82. The minimum absolute atomic E-state index is 0.465. The first-order valence-corrected chi connectivity index (χ1v) is 7.60. The van der Waals surface area contributed by atoms with E-state index in [2.05, 4.69) is 25.5 Å². The second-order valence-corrected chi connectivity index (χ2v) is 5.27. The van der Waals surface area contributed by atoms with Gasteiger partial charge in [-0.05, 0) is 31.6 Å². The van der Waals surface area contributed by atoms with Crippen molar-refractivity contribution in [2.45, 2.75) is 24.9 Å². The molecule has 0 saturated carbocycles. The average Bonchev–Trinajstić information content (AvgIpc) is 2.80. The second kappa shape index (κ2) is 6.77. The monoisotopic (exact) mass is 297 g/mol. The molecule has 0 unspecified atom stereocenters. The normalized spacial score (nSPS) is 10.7. The van der Waals surface area contributed by atoms with Crippen molar-refractivity contribution in [1.29, 1.82) is 0 Å². The number of rotatable bonds is 6. The molecule has 102 valence electrons. The minimum atomic E-state index is 0.465. The largest absolute Gasteiger partial charge is 0.370 e. The van der Waals surface area contributed by atoms with Gasteiger partial charge in [-0.1, -0.05) is 23.4 Å². The Bertz CT molecular complexity index is 543. The lowest BCUT2D eigenvalue weighted by Crippen LogP contribution is -2.05. The third-order valence-corrected chi connectivity index (χ3v) is 3.46. The number of aromatic amines is 1. The SMILES string of the molecule is CSc1nc(Cl)cc(NCCCc2cn[nH]c2C)n1. The third kappa shape index (κ3) is 4.11. The van der Waals surface area contributed by atoms with E-state index >= 15 is 0 Å². The summed E-state index contributed by atoms with van der Waals surface area (Å²) >= 11 is 7.40. The lowest BCUT2D eigenvalue weighted by atomic mass is 10.1. The summed E-state index contributed by atoms with van der Waals surface area (Å²) in [6, 6.07) is 1.74. The zero-order valence-corrected chi connectivity index (χ0v) is 12.5. The number of aromatic nitrogens is 4. The molecule has 0 bridgehead atoms. The van der Waals surface area contributed by atoms with Crippen molar-refractivity contribution in [3.05, 3.63) is 28.7 Å². The van der Waals surface area contributed by atoms with Crippen LogP contribution in [0.4, 0.5) is 5.82 Å². The van der Waals surface area contributed by atoms with Crippen molar-refractivity contribution >= 4 is 29.2 Å². The van der Waals surface area contributed by atoms with Crippen LogP contribution in [0.15, 0.2) is 17.4 Å². The summed E-state index contributed by atoms with van der Waals surface area (Å²) in [6.07, 6.45) is 5.81. The van der Waals surface area contributed by atoms with Gasteiger partial charge in [0.2, 0.25) is 0 Å². The Hall–Kier alpha value is -1.27. The molecule has 0 saturated heterocycles. The molecule has 0 amide bonds. The maximum atomic E-state index is 5.93. The second-order valence-electron chi connectivity index (χ2n) is 4.11. The van der Waals surface area contributed by atoms with Gasteiger partial charge in [-0.25, -0.2) is 9.97 Å². The van der Waals surface area contributed by atoms with Crippen LogP contribution >= 0.6 is 23.4 Å². The first kappa shape index (κ1) is 14.1. The Morgan fingerprint density at radius 1 is 1.42 bits per heavy atom. The van der Waals surface area contributed by atoms with Crippen LogP contribution in [0.2, 0.25) is 5.15 Å². The topological polar surface area (TPSA) is 66.5 Å². The van der Waals surface area contributed by atoms with E-state index < -0.39 is 0 Å². The number of anilines is 1. The van der Waals surface area contributed by atoms with Crippen LogP contribution in [0.5, 0.6) is 0 Å². The molecule has 2 rings (SSSR count). The average molecular weight is 298 g/mol. The van der Waals surface area contributed by atoms with Crippen molar-refractivity contribution in [3.8, 4) is 0 Å². The van der Waals surface area contributed by atoms with Gasteiger partial charge >= 0.3 is 0 Å². The van der Waals surface area contributed by atoms with Crippen LogP contribution in [0, 0.1) is 6.92 Å². The number of hydrogen-bond donors (Lipinski definition) is 2. The number of H-pyrrole nitrogens is 1. The molecule has 19 heavy (non-hydrogen) atoms. The Morgan fingerprint density at radius 2 is 2.26 bits per heavy atom. The van der Waals surface area contributed by atoms with Gasteiger partial charge in [0.25, 0.3) is 0 Å². The van der Waals surface area contributed by atoms with E-state index in [9.17, 15) is 0 Å². The zero-order chi connectivity index (χ0) is 13.7. The van der Waals surface area contributed by atoms with Crippen LogP contribution in [0.1, 0.15) is 17.7 Å². The first-order valence-electron chi connectivity index (χ1n) is 6.00. The lowest BCUT2D eigenvalue weighted by molar-refractivity contribution is 0.846. The van der Waals surface area contributed by atoms with Crippen molar-refractivity contribution in [1.82, 2.24) is 20.2 Å². The predicted octanol–water partition coefficient (Wildman–Crippen LogP) is 2.93. The fraction of sp³-hybridized carbons (Fsp3) is 0.417. The van der Waals surface area contributed by atoms with E-state index in [1.165, 1.54) is 17.3 Å².